The monoisotopic (exact) mass is 595 g/mol. The fourth-order valence-corrected chi connectivity index (χ4v) is 2.20. The number of rotatable bonds is 13. The van der Waals surface area contributed by atoms with E-state index in [-0.39, 0.29) is 19.0 Å². The Morgan fingerprint density at radius 2 is 0.892 bits per heavy atom. The van der Waals surface area contributed by atoms with Crippen molar-refractivity contribution in [3.63, 3.8) is 0 Å². The Labute approximate surface area is 193 Å². The van der Waals surface area contributed by atoms with Gasteiger partial charge in [-0.3, -0.25) is 9.59 Å². The van der Waals surface area contributed by atoms with E-state index in [2.05, 4.69) is 0 Å². The molecule has 5 nitrogen and oxygen atoms in total. The molecule has 0 atom stereocenters. The smallest absolute Gasteiger partial charge is 0.460 e. The van der Waals surface area contributed by atoms with Gasteiger partial charge in [0.15, 0.2) is 0 Å². The molecule has 1 amide bonds. The number of aliphatic carboxylic acids is 1. The van der Waals surface area contributed by atoms with Crippen LogP contribution in [0.3, 0.4) is 0 Å². The van der Waals surface area contributed by atoms with Crippen LogP contribution >= 0.6 is 0 Å². The number of unbranched alkanes of at least 4 members (excludes halogenated alkanes) is 2. The van der Waals surface area contributed by atoms with E-state index in [0.717, 1.165) is 5.32 Å². The van der Waals surface area contributed by atoms with Crippen LogP contribution < -0.4 is 11.5 Å². The zero-order chi connectivity index (χ0) is 29.4. The normalized spacial score (nSPS) is 14.7. The largest absolute Gasteiger partial charge is 0.481 e. The average molecular weight is 595 g/mol. The molecule has 0 rings (SSSR count). The lowest BCUT2D eigenvalue weighted by molar-refractivity contribution is -0.459. The number of carboxylic acid groups (broad SMARTS) is 1. The third-order valence-electron chi connectivity index (χ3n) is 4.36. The van der Waals surface area contributed by atoms with Crippen LogP contribution in [0.5, 0.6) is 0 Å². The van der Waals surface area contributed by atoms with E-state index in [1.807, 2.05) is 0 Å². The molecule has 0 aliphatic rings. The van der Waals surface area contributed by atoms with Crippen LogP contribution in [0.1, 0.15) is 25.7 Å². The molecule has 0 aliphatic carbocycles. The summed E-state index contributed by atoms with van der Waals surface area (Å²) in [5.74, 6) is -63.1. The van der Waals surface area contributed by atoms with Crippen LogP contribution in [0.4, 0.5) is 74.6 Å². The van der Waals surface area contributed by atoms with Gasteiger partial charge in [0.2, 0.25) is 0 Å². The van der Waals surface area contributed by atoms with Crippen LogP contribution in [0.2, 0.25) is 0 Å². The van der Waals surface area contributed by atoms with Gasteiger partial charge in [0.1, 0.15) is 0 Å². The van der Waals surface area contributed by atoms with Crippen molar-refractivity contribution in [1.82, 2.24) is 11.5 Å². The van der Waals surface area contributed by atoms with Crippen LogP contribution in [0.25, 0.3) is 0 Å². The van der Waals surface area contributed by atoms with Crippen molar-refractivity contribution in [2.24, 2.45) is 0 Å². The number of amides is 1. The van der Waals surface area contributed by atoms with Gasteiger partial charge in [-0.15, -0.1) is 0 Å². The number of nitrogens with one attached hydrogen (secondary N) is 1. The first-order valence-corrected chi connectivity index (χ1v) is 8.80. The van der Waals surface area contributed by atoms with Crippen LogP contribution in [0.15, 0.2) is 0 Å². The second kappa shape index (κ2) is 10.8. The van der Waals surface area contributed by atoms with Crippen molar-refractivity contribution in [2.45, 2.75) is 73.3 Å². The molecule has 0 spiro atoms. The minimum absolute atomic E-state index is 0. The van der Waals surface area contributed by atoms with Gasteiger partial charge in [0, 0.05) is 13.0 Å². The molecule has 0 saturated carbocycles. The highest BCUT2D eigenvalue weighted by atomic mass is 19.4. The molecule has 0 aromatic heterocycles. The number of carbonyl (C=O) groups is 2. The highest BCUT2D eigenvalue weighted by Crippen LogP contribution is 2.63. The first kappa shape index (κ1) is 36.9. The Bertz CT molecular complexity index is 810. The molecule has 0 radical (unpaired) electrons. The van der Waals surface area contributed by atoms with Crippen molar-refractivity contribution in [3.05, 3.63) is 0 Å². The Kier molecular flexibility index (Phi) is 10.8. The van der Waals surface area contributed by atoms with Crippen molar-refractivity contribution in [1.29, 1.82) is 0 Å². The van der Waals surface area contributed by atoms with E-state index >= 15 is 0 Å². The molecule has 0 fully saturated rings. The van der Waals surface area contributed by atoms with Gasteiger partial charge in [-0.2, -0.15) is 74.6 Å². The fourth-order valence-electron chi connectivity index (χ4n) is 2.20. The summed E-state index contributed by atoms with van der Waals surface area (Å²) in [6.45, 7) is -1.15. The molecule has 0 heterocycles. The quantitative estimate of drug-likeness (QED) is 0.176. The van der Waals surface area contributed by atoms with Crippen LogP contribution in [-0.2, 0) is 9.59 Å². The number of carboxylic acids is 1. The molecule has 0 aromatic carbocycles. The molecule has 0 saturated heterocycles. The number of quaternary nitrogens is 1. The molecule has 0 aromatic rings. The summed E-state index contributed by atoms with van der Waals surface area (Å²) in [4.78, 5) is 21.4. The Morgan fingerprint density at radius 3 is 1.24 bits per heavy atom. The molecular weight excluding hydrogens is 579 g/mol. The number of carbonyl (C=O) groups excluding carboxylic acids is 1. The fraction of sp³-hybridized carbons (Fsp3) is 0.867. The molecule has 6 N–H and O–H groups in total. The maximum Gasteiger partial charge on any atom is 0.460 e. The Balaban J connectivity index is 0. The van der Waals surface area contributed by atoms with Crippen molar-refractivity contribution in [2.75, 3.05) is 6.54 Å². The third kappa shape index (κ3) is 5.91. The molecule has 222 valence electrons. The lowest BCUT2D eigenvalue weighted by atomic mass is 9.89. The topological polar surface area (TPSA) is 103 Å². The number of hydrogen-bond acceptors (Lipinski definition) is 2. The van der Waals surface area contributed by atoms with E-state index in [0.29, 0.717) is 0 Å². The molecule has 0 aliphatic heterocycles. The number of alkyl halides is 17. The summed E-state index contributed by atoms with van der Waals surface area (Å²) >= 11 is 0. The zero-order valence-electron chi connectivity index (χ0n) is 17.7. The average Bonchev–Trinajstić information content (AvgIpc) is 2.68. The summed E-state index contributed by atoms with van der Waals surface area (Å²) in [6.07, 6.45) is -9.33. The summed E-state index contributed by atoms with van der Waals surface area (Å²) in [5, 5.41) is 9.06. The Hall–Kier alpha value is -2.29. The van der Waals surface area contributed by atoms with Gasteiger partial charge in [-0.25, -0.2) is 0 Å². The molecule has 37 heavy (non-hydrogen) atoms. The maximum absolute atomic E-state index is 13.6. The highest BCUT2D eigenvalue weighted by molar-refractivity contribution is 5.84. The second-order valence-corrected chi connectivity index (χ2v) is 6.98. The number of hydrogen-bond donors (Lipinski definition) is 3. The van der Waals surface area contributed by atoms with E-state index in [9.17, 15) is 84.2 Å². The SMILES string of the molecule is O=C(O)CCCCCNC(=O)C(F)(F)C(F)(F)C(F)(F)C(F)(F)C(F)(F)C(F)(F)C(F)(F)C(F)(F)F.[NH4+]. The van der Waals surface area contributed by atoms with E-state index in [1.54, 1.807) is 0 Å². The summed E-state index contributed by atoms with van der Waals surface area (Å²) in [6, 6.07) is 0. The first-order valence-electron chi connectivity index (χ1n) is 8.80. The molecule has 22 heteroatoms. The predicted molar refractivity (Wildman–Crippen MR) is 85.8 cm³/mol. The van der Waals surface area contributed by atoms with Crippen LogP contribution in [0, 0.1) is 0 Å². The predicted octanol–water partition coefficient (Wildman–Crippen LogP) is 6.13. The van der Waals surface area contributed by atoms with Gasteiger partial charge in [-0.05, 0) is 12.8 Å². The van der Waals surface area contributed by atoms with Gasteiger partial charge < -0.3 is 16.6 Å². The standard InChI is InChI=1S/C15H12F17NO3.H3N/c16-8(17,7(36)33-5-3-1-2-4-6(34)35)9(18,19)10(20,21)11(22,23)12(24,25)13(26,27)14(28,29)15(30,31)32;/h1-5H2,(H,33,36)(H,34,35);1H3/p+1. The van der Waals surface area contributed by atoms with Crippen molar-refractivity contribution >= 4 is 11.9 Å². The second-order valence-electron chi connectivity index (χ2n) is 6.98. The highest BCUT2D eigenvalue weighted by Gasteiger charge is 2.95. The van der Waals surface area contributed by atoms with Gasteiger partial charge in [0.05, 0.1) is 0 Å². The third-order valence-corrected chi connectivity index (χ3v) is 4.36. The molecule has 0 bridgehead atoms. The number of halogens is 17. The van der Waals surface area contributed by atoms with Crippen molar-refractivity contribution in [3.8, 4) is 0 Å². The summed E-state index contributed by atoms with van der Waals surface area (Å²) in [7, 11) is 0. The van der Waals surface area contributed by atoms with Crippen molar-refractivity contribution < 1.29 is 89.3 Å². The minimum Gasteiger partial charge on any atom is -0.481 e. The minimum atomic E-state index is -8.76. The Morgan fingerprint density at radius 1 is 0.541 bits per heavy atom. The summed E-state index contributed by atoms with van der Waals surface area (Å²) in [5.41, 5.74) is 0. The van der Waals surface area contributed by atoms with E-state index in [1.165, 1.54) is 0 Å². The van der Waals surface area contributed by atoms with Gasteiger partial charge in [0.25, 0.3) is 5.91 Å². The van der Waals surface area contributed by atoms with Crippen LogP contribution in [-0.4, -0.2) is 71.2 Å². The molecule has 0 unspecified atom stereocenters. The molecular formula is C15H16F17N2O3+. The summed E-state index contributed by atoms with van der Waals surface area (Å²) < 4.78 is 222. The lowest BCUT2D eigenvalue weighted by Gasteiger charge is -2.42. The van der Waals surface area contributed by atoms with E-state index < -0.39 is 78.9 Å². The lowest BCUT2D eigenvalue weighted by Crippen LogP contribution is -2.75. The van der Waals surface area contributed by atoms with Gasteiger partial charge in [-0.1, -0.05) is 6.42 Å². The zero-order valence-corrected chi connectivity index (χ0v) is 17.7. The maximum atomic E-state index is 13.6. The van der Waals surface area contributed by atoms with E-state index in [4.69, 9.17) is 5.11 Å². The first-order chi connectivity index (χ1) is 15.6. The van der Waals surface area contributed by atoms with Gasteiger partial charge >= 0.3 is 53.6 Å².